The Kier molecular flexibility index (Phi) is 6.47. The van der Waals surface area contributed by atoms with Gasteiger partial charge in [-0.05, 0) is 51.8 Å². The molecule has 172 valence electrons. The number of rotatable bonds is 4. The topological polar surface area (TPSA) is 88.3 Å². The number of nitriles is 1. The molecular formula is C24H25FN4O3S. The van der Waals surface area contributed by atoms with E-state index in [0.29, 0.717) is 28.7 Å². The third-order valence-electron chi connectivity index (χ3n) is 5.28. The Morgan fingerprint density at radius 2 is 2.03 bits per heavy atom. The lowest BCUT2D eigenvalue weighted by atomic mass is 9.93. The molecule has 1 aliphatic rings. The van der Waals surface area contributed by atoms with Gasteiger partial charge in [-0.3, -0.25) is 0 Å². The van der Waals surface area contributed by atoms with Crippen molar-refractivity contribution in [1.82, 2.24) is 14.9 Å². The van der Waals surface area contributed by atoms with E-state index in [1.54, 1.807) is 17.0 Å². The van der Waals surface area contributed by atoms with Crippen molar-refractivity contribution in [3.8, 4) is 11.9 Å². The van der Waals surface area contributed by atoms with Gasteiger partial charge in [-0.1, -0.05) is 6.07 Å². The largest absolute Gasteiger partial charge is 0.470 e. The van der Waals surface area contributed by atoms with Crippen LogP contribution in [0.25, 0.3) is 10.2 Å². The Bertz CT molecular complexity index is 1210. The second kappa shape index (κ2) is 9.32. The maximum Gasteiger partial charge on any atom is 0.410 e. The van der Waals surface area contributed by atoms with E-state index in [4.69, 9.17) is 14.7 Å². The number of pyridine rings is 1. The lowest BCUT2D eigenvalue weighted by molar-refractivity contribution is 0.0204. The molecule has 0 atom stereocenters. The SMILES string of the molecule is CC(C)(C)OC(=O)N1CCC(c2cccc(OCc3nc4c(F)cc(C#N)cc4s3)n2)CC1. The van der Waals surface area contributed by atoms with E-state index in [0.717, 1.165) is 18.5 Å². The molecule has 7 nitrogen and oxygen atoms in total. The van der Waals surface area contributed by atoms with E-state index < -0.39 is 11.4 Å². The van der Waals surface area contributed by atoms with E-state index in [1.165, 1.54) is 17.4 Å². The van der Waals surface area contributed by atoms with Gasteiger partial charge in [0.25, 0.3) is 0 Å². The molecule has 3 heterocycles. The lowest BCUT2D eigenvalue weighted by Gasteiger charge is -2.33. The number of nitrogens with zero attached hydrogens (tertiary/aromatic N) is 4. The third-order valence-corrected chi connectivity index (χ3v) is 6.25. The average molecular weight is 469 g/mol. The minimum atomic E-state index is -0.510. The van der Waals surface area contributed by atoms with Crippen LogP contribution in [0.4, 0.5) is 9.18 Å². The smallest absolute Gasteiger partial charge is 0.410 e. The quantitative estimate of drug-likeness (QED) is 0.510. The monoisotopic (exact) mass is 468 g/mol. The first kappa shape index (κ1) is 22.9. The Labute approximate surface area is 195 Å². The van der Waals surface area contributed by atoms with Crippen LogP contribution in [0.15, 0.2) is 30.3 Å². The Hall–Kier alpha value is -3.25. The van der Waals surface area contributed by atoms with Gasteiger partial charge in [0.2, 0.25) is 5.88 Å². The third kappa shape index (κ3) is 5.57. The summed E-state index contributed by atoms with van der Waals surface area (Å²) in [4.78, 5) is 23.0. The Morgan fingerprint density at radius 3 is 2.73 bits per heavy atom. The van der Waals surface area contributed by atoms with Crippen LogP contribution in [-0.4, -0.2) is 39.7 Å². The van der Waals surface area contributed by atoms with Crippen LogP contribution in [0, 0.1) is 17.1 Å². The van der Waals surface area contributed by atoms with Gasteiger partial charge >= 0.3 is 6.09 Å². The van der Waals surface area contributed by atoms with Crippen LogP contribution in [0.2, 0.25) is 0 Å². The highest BCUT2D eigenvalue weighted by Crippen LogP contribution is 2.30. The van der Waals surface area contributed by atoms with Crippen molar-refractivity contribution in [2.75, 3.05) is 13.1 Å². The maximum absolute atomic E-state index is 14.1. The molecule has 33 heavy (non-hydrogen) atoms. The predicted octanol–water partition coefficient (Wildman–Crippen LogP) is 5.40. The summed E-state index contributed by atoms with van der Waals surface area (Å²) < 4.78 is 26.0. The van der Waals surface area contributed by atoms with E-state index in [1.807, 2.05) is 39.0 Å². The van der Waals surface area contributed by atoms with Gasteiger partial charge in [0.1, 0.15) is 22.7 Å². The van der Waals surface area contributed by atoms with Gasteiger partial charge in [0.15, 0.2) is 5.82 Å². The molecule has 0 saturated carbocycles. The summed E-state index contributed by atoms with van der Waals surface area (Å²) in [6.07, 6.45) is 1.32. The molecule has 3 aromatic rings. The van der Waals surface area contributed by atoms with Crippen molar-refractivity contribution in [2.45, 2.75) is 51.7 Å². The molecule has 9 heteroatoms. The maximum atomic E-state index is 14.1. The molecule has 0 N–H and O–H groups in total. The second-order valence-corrected chi connectivity index (χ2v) is 10.1. The predicted molar refractivity (Wildman–Crippen MR) is 123 cm³/mol. The zero-order chi connectivity index (χ0) is 23.6. The number of hydrogen-bond acceptors (Lipinski definition) is 7. The molecule has 1 aliphatic heterocycles. The van der Waals surface area contributed by atoms with E-state index in [-0.39, 0.29) is 29.7 Å². The van der Waals surface area contributed by atoms with E-state index >= 15 is 0 Å². The van der Waals surface area contributed by atoms with Crippen LogP contribution < -0.4 is 4.74 Å². The fraction of sp³-hybridized carbons (Fsp3) is 0.417. The molecular weight excluding hydrogens is 443 g/mol. The highest BCUT2D eigenvalue weighted by Gasteiger charge is 2.28. The first-order valence-electron chi connectivity index (χ1n) is 10.8. The normalized spacial score (nSPS) is 14.8. The number of ether oxygens (including phenoxy) is 2. The number of fused-ring (bicyclic) bond motifs is 1. The Morgan fingerprint density at radius 1 is 1.27 bits per heavy atom. The number of aromatic nitrogens is 2. The summed E-state index contributed by atoms with van der Waals surface area (Å²) in [6, 6.07) is 10.4. The molecule has 0 bridgehead atoms. The molecule has 0 unspecified atom stereocenters. The van der Waals surface area contributed by atoms with Crippen LogP contribution in [0.3, 0.4) is 0 Å². The Balaban J connectivity index is 1.37. The summed E-state index contributed by atoms with van der Waals surface area (Å²) in [7, 11) is 0. The number of benzene rings is 1. The number of thiazole rings is 1. The summed E-state index contributed by atoms with van der Waals surface area (Å²) in [5.41, 5.74) is 0.929. The molecule has 1 aromatic carbocycles. The highest BCUT2D eigenvalue weighted by molar-refractivity contribution is 7.18. The first-order valence-corrected chi connectivity index (χ1v) is 11.6. The standard InChI is InChI=1S/C24H25FN4O3S/c1-24(2,3)32-23(30)29-9-7-16(8-10-29)18-5-4-6-20(27-18)31-14-21-28-22-17(25)11-15(13-26)12-19(22)33-21/h4-6,11-12,16H,7-10,14H2,1-3H3. The fourth-order valence-corrected chi connectivity index (χ4v) is 4.65. The van der Waals surface area contributed by atoms with Gasteiger partial charge in [0, 0.05) is 30.8 Å². The number of carbonyl (C=O) groups excluding carboxylic acids is 1. The molecule has 1 fully saturated rings. The summed E-state index contributed by atoms with van der Waals surface area (Å²) >= 11 is 1.29. The summed E-state index contributed by atoms with van der Waals surface area (Å²) in [6.45, 7) is 6.99. The van der Waals surface area contributed by atoms with Crippen molar-refractivity contribution in [3.63, 3.8) is 0 Å². The van der Waals surface area contributed by atoms with Crippen LogP contribution in [0.1, 0.15) is 55.8 Å². The zero-order valence-corrected chi connectivity index (χ0v) is 19.6. The van der Waals surface area contributed by atoms with E-state index in [9.17, 15) is 9.18 Å². The molecule has 1 saturated heterocycles. The van der Waals surface area contributed by atoms with Gasteiger partial charge < -0.3 is 14.4 Å². The number of likely N-dealkylation sites (tertiary alicyclic amines) is 1. The van der Waals surface area contributed by atoms with Crippen molar-refractivity contribution in [1.29, 1.82) is 5.26 Å². The van der Waals surface area contributed by atoms with Gasteiger partial charge in [-0.2, -0.15) is 5.26 Å². The molecule has 0 radical (unpaired) electrons. The van der Waals surface area contributed by atoms with Crippen LogP contribution in [-0.2, 0) is 11.3 Å². The number of piperidine rings is 1. The number of carbonyl (C=O) groups is 1. The van der Waals surface area contributed by atoms with Gasteiger partial charge in [-0.15, -0.1) is 11.3 Å². The first-order chi connectivity index (χ1) is 15.7. The second-order valence-electron chi connectivity index (χ2n) is 8.96. The molecule has 1 amide bonds. The minimum absolute atomic E-state index is 0.161. The van der Waals surface area contributed by atoms with Crippen molar-refractivity contribution < 1.29 is 18.7 Å². The average Bonchev–Trinajstić information content (AvgIpc) is 3.20. The number of hydrogen-bond donors (Lipinski definition) is 0. The fourth-order valence-electron chi connectivity index (χ4n) is 3.72. The zero-order valence-electron chi connectivity index (χ0n) is 18.8. The molecule has 2 aromatic heterocycles. The van der Waals surface area contributed by atoms with Crippen molar-refractivity contribution in [2.24, 2.45) is 0 Å². The number of amides is 1. The lowest BCUT2D eigenvalue weighted by Crippen LogP contribution is -2.41. The van der Waals surface area contributed by atoms with Crippen molar-refractivity contribution >= 4 is 27.6 Å². The van der Waals surface area contributed by atoms with Gasteiger partial charge in [0.05, 0.1) is 16.3 Å². The van der Waals surface area contributed by atoms with Gasteiger partial charge in [-0.25, -0.2) is 19.2 Å². The molecule has 4 rings (SSSR count). The van der Waals surface area contributed by atoms with Crippen LogP contribution >= 0.6 is 11.3 Å². The summed E-state index contributed by atoms with van der Waals surface area (Å²) in [5, 5.41) is 9.62. The van der Waals surface area contributed by atoms with Crippen molar-refractivity contribution in [3.05, 3.63) is 52.4 Å². The minimum Gasteiger partial charge on any atom is -0.470 e. The van der Waals surface area contributed by atoms with Crippen LogP contribution in [0.5, 0.6) is 5.88 Å². The molecule has 0 spiro atoms. The summed E-state index contributed by atoms with van der Waals surface area (Å²) in [5.74, 6) is 0.192. The highest BCUT2D eigenvalue weighted by atomic mass is 32.1. The molecule has 0 aliphatic carbocycles. The number of halogens is 1. The van der Waals surface area contributed by atoms with E-state index in [2.05, 4.69) is 9.97 Å².